The molecule has 0 saturated heterocycles. The third kappa shape index (κ3) is 6.44. The van der Waals surface area contributed by atoms with Gasteiger partial charge in [0.15, 0.2) is 0 Å². The summed E-state index contributed by atoms with van der Waals surface area (Å²) < 4.78 is 0. The van der Waals surface area contributed by atoms with Gasteiger partial charge in [-0.15, -0.1) is 0 Å². The zero-order valence-corrected chi connectivity index (χ0v) is 34.5. The van der Waals surface area contributed by atoms with Crippen molar-refractivity contribution in [2.45, 2.75) is 31.2 Å². The minimum absolute atomic E-state index is 0.000984. The quantitative estimate of drug-likeness (QED) is 0.151. The van der Waals surface area contributed by atoms with E-state index < -0.39 is 0 Å². The zero-order valence-electron chi connectivity index (χ0n) is 34.5. The maximum absolute atomic E-state index is 2.59. The molecule has 2 nitrogen and oxygen atoms in total. The van der Waals surface area contributed by atoms with Crippen molar-refractivity contribution in [2.75, 3.05) is 9.80 Å². The Morgan fingerprint density at radius 2 is 0.738 bits per heavy atom. The summed E-state index contributed by atoms with van der Waals surface area (Å²) in [6.07, 6.45) is 0. The van der Waals surface area contributed by atoms with Crippen LogP contribution in [0, 0.1) is 0 Å². The molecule has 61 heavy (non-hydrogen) atoms. The number of para-hydroxylation sites is 1. The highest BCUT2D eigenvalue weighted by atomic mass is 15.2. The number of anilines is 5. The third-order valence-corrected chi connectivity index (χ3v) is 13.1. The Balaban J connectivity index is 0.900. The van der Waals surface area contributed by atoms with E-state index in [-0.39, 0.29) is 11.5 Å². The van der Waals surface area contributed by atoms with Crippen LogP contribution in [0.4, 0.5) is 28.4 Å². The third-order valence-electron chi connectivity index (χ3n) is 13.1. The van der Waals surface area contributed by atoms with Crippen LogP contribution in [0.15, 0.2) is 231 Å². The lowest BCUT2D eigenvalue weighted by Crippen LogP contribution is -2.25. The normalized spacial score (nSPS) is 15.8. The molecule has 0 aromatic heterocycles. The van der Waals surface area contributed by atoms with E-state index in [4.69, 9.17) is 0 Å². The van der Waals surface area contributed by atoms with E-state index in [0.29, 0.717) is 5.92 Å². The van der Waals surface area contributed by atoms with Crippen LogP contribution in [0.3, 0.4) is 0 Å². The molecule has 2 aliphatic rings. The number of fused-ring (bicyclic) bond motifs is 5. The van der Waals surface area contributed by atoms with Gasteiger partial charge in [-0.3, -0.25) is 0 Å². The van der Waals surface area contributed by atoms with Gasteiger partial charge in [0.25, 0.3) is 0 Å². The van der Waals surface area contributed by atoms with E-state index in [0.717, 1.165) is 17.1 Å². The Hall–Kier alpha value is -7.42. The first-order valence-corrected chi connectivity index (χ1v) is 21.4. The summed E-state index contributed by atoms with van der Waals surface area (Å²) in [5.74, 6) is 0.348. The molecule has 0 amide bonds. The highest BCUT2D eigenvalue weighted by molar-refractivity contribution is 5.83. The van der Waals surface area contributed by atoms with Crippen molar-refractivity contribution in [2.24, 2.45) is 0 Å². The van der Waals surface area contributed by atoms with Gasteiger partial charge in [-0.05, 0) is 127 Å². The summed E-state index contributed by atoms with van der Waals surface area (Å²) in [6, 6.07) is 84.5. The Morgan fingerprint density at radius 3 is 1.23 bits per heavy atom. The molecular weight excluding hydrogens is 737 g/mol. The lowest BCUT2D eigenvalue weighted by Gasteiger charge is -2.30. The first-order chi connectivity index (χ1) is 30.0. The lowest BCUT2D eigenvalue weighted by molar-refractivity contribution is 0.420. The number of hydrogen-bond donors (Lipinski definition) is 0. The predicted octanol–water partition coefficient (Wildman–Crippen LogP) is 16.1. The molecule has 0 saturated carbocycles. The van der Waals surface area contributed by atoms with E-state index in [9.17, 15) is 0 Å². The molecule has 0 radical (unpaired) electrons. The molecule has 11 rings (SSSR count). The van der Waals surface area contributed by atoms with Gasteiger partial charge in [0.2, 0.25) is 0 Å². The maximum atomic E-state index is 2.59. The molecule has 1 aliphatic carbocycles. The standard InChI is InChI=1S/C59H46N2/c1-59(2)55-21-13-12-20-53(55)58-57(59)54-40-48(32-39-56(54)61(58)49-18-10-5-11-19-49)47-24-22-43(23-25-47)46-30-37-52(38-31-46)60(50-33-26-44(27-34-50)41-14-6-3-7-15-41)51-35-28-45(29-36-51)42-16-8-4-9-17-42/h3-40,57-58H,1-2H3. The second kappa shape index (κ2) is 15.0. The fourth-order valence-corrected chi connectivity index (χ4v) is 10.1. The number of hydrogen-bond acceptors (Lipinski definition) is 2. The molecule has 1 heterocycles. The van der Waals surface area contributed by atoms with Gasteiger partial charge in [0, 0.05) is 34.4 Å². The van der Waals surface area contributed by atoms with Crippen LogP contribution >= 0.6 is 0 Å². The van der Waals surface area contributed by atoms with E-state index in [2.05, 4.69) is 254 Å². The Morgan fingerprint density at radius 1 is 0.361 bits per heavy atom. The molecule has 2 heteroatoms. The lowest BCUT2D eigenvalue weighted by atomic mass is 9.74. The van der Waals surface area contributed by atoms with Gasteiger partial charge < -0.3 is 9.80 Å². The maximum Gasteiger partial charge on any atom is 0.0672 e. The number of benzene rings is 9. The second-order valence-electron chi connectivity index (χ2n) is 17.0. The van der Waals surface area contributed by atoms with Crippen LogP contribution in [0.25, 0.3) is 44.5 Å². The minimum atomic E-state index is 0.000984. The molecule has 0 fully saturated rings. The molecule has 1 aliphatic heterocycles. The van der Waals surface area contributed by atoms with Gasteiger partial charge >= 0.3 is 0 Å². The average Bonchev–Trinajstić information content (AvgIpc) is 3.80. The highest BCUT2D eigenvalue weighted by Crippen LogP contribution is 2.65. The minimum Gasteiger partial charge on any atom is -0.333 e. The summed E-state index contributed by atoms with van der Waals surface area (Å²) in [6.45, 7) is 4.87. The predicted molar refractivity (Wildman–Crippen MR) is 256 cm³/mol. The number of nitrogens with zero attached hydrogens (tertiary/aromatic N) is 2. The van der Waals surface area contributed by atoms with Crippen molar-refractivity contribution in [3.05, 3.63) is 247 Å². The molecule has 0 bridgehead atoms. The fraction of sp³-hybridized carbons (Fsp3) is 0.0847. The van der Waals surface area contributed by atoms with Crippen LogP contribution in [0.5, 0.6) is 0 Å². The smallest absolute Gasteiger partial charge is 0.0672 e. The summed E-state index contributed by atoms with van der Waals surface area (Å²) in [7, 11) is 0. The largest absolute Gasteiger partial charge is 0.333 e. The van der Waals surface area contributed by atoms with Gasteiger partial charge in [0.05, 0.1) is 6.04 Å². The van der Waals surface area contributed by atoms with Crippen LogP contribution in [-0.4, -0.2) is 0 Å². The van der Waals surface area contributed by atoms with Crippen molar-refractivity contribution < 1.29 is 0 Å². The molecule has 292 valence electrons. The first kappa shape index (κ1) is 36.6. The molecule has 9 aromatic rings. The van der Waals surface area contributed by atoms with Crippen molar-refractivity contribution in [1.82, 2.24) is 0 Å². The van der Waals surface area contributed by atoms with Crippen molar-refractivity contribution in [1.29, 1.82) is 0 Å². The molecule has 0 N–H and O–H groups in total. The topological polar surface area (TPSA) is 6.48 Å². The first-order valence-electron chi connectivity index (χ1n) is 21.4. The van der Waals surface area contributed by atoms with Crippen LogP contribution < -0.4 is 9.80 Å². The summed E-state index contributed by atoms with van der Waals surface area (Å²) >= 11 is 0. The average molecular weight is 783 g/mol. The molecule has 2 atom stereocenters. The Labute approximate surface area is 359 Å². The fourth-order valence-electron chi connectivity index (χ4n) is 10.1. The van der Waals surface area contributed by atoms with Crippen LogP contribution in [0.1, 0.15) is 42.5 Å². The Kier molecular flexibility index (Phi) is 9.01. The molecule has 0 spiro atoms. The van der Waals surface area contributed by atoms with E-state index >= 15 is 0 Å². The SMILES string of the molecule is CC1(C)c2ccccc2C2C1c1cc(-c3ccc(-c4ccc(N(c5ccc(-c6ccccc6)cc5)c5ccc(-c6ccccc6)cc5)cc4)cc3)ccc1N2c1ccccc1. The molecular formula is C59H46N2. The summed E-state index contributed by atoms with van der Waals surface area (Å²) in [4.78, 5) is 4.93. The summed E-state index contributed by atoms with van der Waals surface area (Å²) in [5.41, 5.74) is 19.9. The van der Waals surface area contributed by atoms with Crippen molar-refractivity contribution >= 4 is 28.4 Å². The van der Waals surface area contributed by atoms with Crippen molar-refractivity contribution in [3.8, 4) is 44.5 Å². The van der Waals surface area contributed by atoms with E-state index in [1.165, 1.54) is 72.6 Å². The molecule has 9 aromatic carbocycles. The van der Waals surface area contributed by atoms with Crippen LogP contribution in [-0.2, 0) is 5.41 Å². The monoisotopic (exact) mass is 782 g/mol. The van der Waals surface area contributed by atoms with Gasteiger partial charge in [-0.25, -0.2) is 0 Å². The Bertz CT molecular complexity index is 2870. The second-order valence-corrected chi connectivity index (χ2v) is 17.0. The van der Waals surface area contributed by atoms with E-state index in [1.807, 2.05) is 0 Å². The van der Waals surface area contributed by atoms with Gasteiger partial charge in [0.1, 0.15) is 0 Å². The van der Waals surface area contributed by atoms with Gasteiger partial charge in [-0.2, -0.15) is 0 Å². The highest BCUT2D eigenvalue weighted by Gasteiger charge is 2.54. The zero-order chi connectivity index (χ0) is 40.9. The molecule has 2 unspecified atom stereocenters. The van der Waals surface area contributed by atoms with Gasteiger partial charge in [-0.1, -0.05) is 184 Å². The van der Waals surface area contributed by atoms with Crippen LogP contribution in [0.2, 0.25) is 0 Å². The van der Waals surface area contributed by atoms with Crippen molar-refractivity contribution in [3.63, 3.8) is 0 Å². The van der Waals surface area contributed by atoms with E-state index in [1.54, 1.807) is 0 Å². The summed E-state index contributed by atoms with van der Waals surface area (Å²) in [5, 5.41) is 0. The number of rotatable bonds is 8.